The smallest absolute Gasteiger partial charge is 0.399 e. The number of β-amino-alcohol motifs (C(OH)–C–C–N with tert-alkyl or cyclic N) is 1. The molecule has 3 rings (SSSR count). The van der Waals surface area contributed by atoms with Gasteiger partial charge in [0.25, 0.3) is 0 Å². The number of hydrogen-bond acceptors (Lipinski definition) is 7. The summed E-state index contributed by atoms with van der Waals surface area (Å²) in [7, 11) is -0.437. The Kier molecular flexibility index (Phi) is 6.34. The minimum atomic E-state index is -0.437. The lowest BCUT2D eigenvalue weighted by Crippen LogP contribution is -2.41. The van der Waals surface area contributed by atoms with Gasteiger partial charge < -0.3 is 24.2 Å². The number of rotatable bonds is 7. The number of likely N-dealkylation sites (tertiary alicyclic amines) is 1. The van der Waals surface area contributed by atoms with Gasteiger partial charge in [-0.05, 0) is 60.4 Å². The highest BCUT2D eigenvalue weighted by Gasteiger charge is 2.52. The molecular weight excluding hydrogens is 355 g/mol. The zero-order valence-electron chi connectivity index (χ0n) is 18.2. The highest BCUT2D eigenvalue weighted by molar-refractivity contribution is 6.61. The third-order valence-electron chi connectivity index (χ3n) is 6.30. The van der Waals surface area contributed by atoms with Crippen molar-refractivity contribution in [2.45, 2.75) is 65.2 Å². The Morgan fingerprint density at radius 1 is 1.21 bits per heavy atom. The van der Waals surface area contributed by atoms with Crippen LogP contribution < -0.4 is 10.4 Å². The van der Waals surface area contributed by atoms with E-state index < -0.39 is 7.12 Å². The molecule has 1 atom stereocenters. The molecule has 2 aliphatic heterocycles. The van der Waals surface area contributed by atoms with Crippen LogP contribution in [-0.2, 0) is 9.31 Å². The van der Waals surface area contributed by atoms with Gasteiger partial charge in [0.05, 0.1) is 17.8 Å². The lowest BCUT2D eigenvalue weighted by molar-refractivity contribution is 0.00578. The van der Waals surface area contributed by atoms with Gasteiger partial charge >= 0.3 is 7.12 Å². The van der Waals surface area contributed by atoms with Crippen molar-refractivity contribution in [3.63, 3.8) is 0 Å². The average Bonchev–Trinajstić information content (AvgIpc) is 3.14. The average molecular weight is 390 g/mol. The van der Waals surface area contributed by atoms with E-state index in [2.05, 4.69) is 33.6 Å². The van der Waals surface area contributed by atoms with E-state index >= 15 is 0 Å². The molecule has 0 amide bonds. The maximum absolute atomic E-state index is 9.15. The van der Waals surface area contributed by atoms with Crippen LogP contribution in [0.4, 0.5) is 5.95 Å². The molecule has 0 aromatic carbocycles. The summed E-state index contributed by atoms with van der Waals surface area (Å²) in [5.74, 6) is 1.32. The first-order chi connectivity index (χ1) is 13.1. The maximum Gasteiger partial charge on any atom is 0.498 e. The van der Waals surface area contributed by atoms with E-state index in [1.54, 1.807) is 0 Å². The van der Waals surface area contributed by atoms with Crippen LogP contribution in [0.5, 0.6) is 0 Å². The number of aliphatic hydroxyl groups excluding tert-OH is 1. The molecule has 3 heterocycles. The van der Waals surface area contributed by atoms with Crippen LogP contribution in [0.25, 0.3) is 0 Å². The molecule has 0 unspecified atom stereocenters. The number of nitrogens with zero attached hydrogens (tertiary/aromatic N) is 4. The molecule has 2 aliphatic rings. The van der Waals surface area contributed by atoms with Crippen LogP contribution in [0, 0.1) is 5.92 Å². The summed E-state index contributed by atoms with van der Waals surface area (Å²) in [5.41, 5.74) is 0.105. The molecule has 2 saturated heterocycles. The minimum absolute atomic E-state index is 0.226. The predicted molar refractivity (Wildman–Crippen MR) is 112 cm³/mol. The lowest BCUT2D eigenvalue weighted by Gasteiger charge is -2.32. The molecule has 0 bridgehead atoms. The summed E-state index contributed by atoms with van der Waals surface area (Å²) in [6.45, 7) is 16.5. The number of hydrogen-bond donors (Lipinski definition) is 1. The summed E-state index contributed by atoms with van der Waals surface area (Å²) in [4.78, 5) is 13.9. The van der Waals surface area contributed by atoms with Crippen molar-refractivity contribution in [2.24, 2.45) is 5.92 Å². The Morgan fingerprint density at radius 2 is 1.82 bits per heavy atom. The predicted octanol–water partition coefficient (Wildman–Crippen LogP) is 1.30. The molecule has 0 spiro atoms. The van der Waals surface area contributed by atoms with Crippen molar-refractivity contribution >= 4 is 18.5 Å². The van der Waals surface area contributed by atoms with E-state index in [1.807, 2.05) is 40.1 Å². The van der Waals surface area contributed by atoms with Gasteiger partial charge in [0.15, 0.2) is 0 Å². The van der Waals surface area contributed by atoms with Crippen LogP contribution in [0.1, 0.15) is 48.0 Å². The third kappa shape index (κ3) is 4.51. The first kappa shape index (κ1) is 21.5. The van der Waals surface area contributed by atoms with Crippen molar-refractivity contribution < 1.29 is 14.4 Å². The van der Waals surface area contributed by atoms with Crippen molar-refractivity contribution in [1.29, 1.82) is 0 Å². The van der Waals surface area contributed by atoms with Crippen LogP contribution in [0.3, 0.4) is 0 Å². The maximum atomic E-state index is 9.15. The third-order valence-corrected chi connectivity index (χ3v) is 6.30. The standard InChI is InChI=1S/C20H35BN4O3/c1-15(2)25(14-16-7-8-24(13-16)9-10-26)18-22-11-17(12-23-18)21-27-19(3,4)20(5,6)28-21/h11-12,15-16,26H,7-10,13-14H2,1-6H3/t16-/m0/s1. The minimum Gasteiger partial charge on any atom is -0.399 e. The first-order valence-corrected chi connectivity index (χ1v) is 10.4. The molecular formula is C20H35BN4O3. The summed E-state index contributed by atoms with van der Waals surface area (Å²) in [5, 5.41) is 9.15. The highest BCUT2D eigenvalue weighted by Crippen LogP contribution is 2.36. The summed E-state index contributed by atoms with van der Waals surface area (Å²) in [6.07, 6.45) is 4.80. The zero-order chi connectivity index (χ0) is 20.5. The van der Waals surface area contributed by atoms with Gasteiger partial charge in [-0.25, -0.2) is 9.97 Å². The zero-order valence-corrected chi connectivity index (χ0v) is 18.2. The van der Waals surface area contributed by atoms with Gasteiger partial charge in [-0.1, -0.05) is 0 Å². The molecule has 1 aromatic heterocycles. The van der Waals surface area contributed by atoms with E-state index in [1.165, 1.54) is 0 Å². The number of aromatic nitrogens is 2. The van der Waals surface area contributed by atoms with E-state index in [4.69, 9.17) is 14.4 Å². The summed E-state index contributed by atoms with van der Waals surface area (Å²) < 4.78 is 12.2. The van der Waals surface area contributed by atoms with Crippen molar-refractivity contribution in [3.8, 4) is 0 Å². The number of aliphatic hydroxyl groups is 1. The molecule has 0 radical (unpaired) electrons. The van der Waals surface area contributed by atoms with Crippen molar-refractivity contribution in [1.82, 2.24) is 14.9 Å². The topological polar surface area (TPSA) is 71.0 Å². The van der Waals surface area contributed by atoms with E-state index in [-0.39, 0.29) is 17.8 Å². The Labute approximate surface area is 169 Å². The number of anilines is 1. The molecule has 7 nitrogen and oxygen atoms in total. The van der Waals surface area contributed by atoms with E-state index in [9.17, 15) is 0 Å². The largest absolute Gasteiger partial charge is 0.498 e. The molecule has 1 N–H and O–H groups in total. The van der Waals surface area contributed by atoms with Gasteiger partial charge in [-0.2, -0.15) is 0 Å². The summed E-state index contributed by atoms with van der Waals surface area (Å²) >= 11 is 0. The Bertz CT molecular complexity index is 637. The fraction of sp³-hybridized carbons (Fsp3) is 0.800. The van der Waals surface area contributed by atoms with Gasteiger partial charge in [0, 0.05) is 43.5 Å². The lowest BCUT2D eigenvalue weighted by atomic mass is 9.81. The fourth-order valence-electron chi connectivity index (χ4n) is 3.79. The molecule has 8 heteroatoms. The van der Waals surface area contributed by atoms with Gasteiger partial charge in [0.1, 0.15) is 0 Å². The first-order valence-electron chi connectivity index (χ1n) is 10.4. The normalized spacial score (nSPS) is 24.3. The van der Waals surface area contributed by atoms with Gasteiger partial charge in [-0.3, -0.25) is 0 Å². The SMILES string of the molecule is CC(C)N(C[C@H]1CCN(CCO)C1)c1ncc(B2OC(C)(C)C(C)(C)O2)cn1. The van der Waals surface area contributed by atoms with Crippen LogP contribution in [-0.4, -0.2) is 77.1 Å². The van der Waals surface area contributed by atoms with Crippen LogP contribution >= 0.6 is 0 Å². The van der Waals surface area contributed by atoms with E-state index in [0.29, 0.717) is 12.0 Å². The molecule has 156 valence electrons. The van der Waals surface area contributed by atoms with Crippen molar-refractivity contribution in [3.05, 3.63) is 12.4 Å². The second-order valence-corrected chi connectivity index (χ2v) is 9.33. The second kappa shape index (κ2) is 8.26. The quantitative estimate of drug-likeness (QED) is 0.704. The Balaban J connectivity index is 1.67. The highest BCUT2D eigenvalue weighted by atomic mass is 16.7. The van der Waals surface area contributed by atoms with E-state index in [0.717, 1.165) is 44.0 Å². The summed E-state index contributed by atoms with van der Waals surface area (Å²) in [6, 6.07) is 0.314. The monoisotopic (exact) mass is 390 g/mol. The van der Waals surface area contributed by atoms with Crippen molar-refractivity contribution in [2.75, 3.05) is 37.7 Å². The van der Waals surface area contributed by atoms with Crippen LogP contribution in [0.2, 0.25) is 0 Å². The fourth-order valence-corrected chi connectivity index (χ4v) is 3.79. The molecule has 1 aromatic rings. The Morgan fingerprint density at radius 3 is 2.36 bits per heavy atom. The second-order valence-electron chi connectivity index (χ2n) is 9.33. The molecule has 28 heavy (non-hydrogen) atoms. The molecule has 0 saturated carbocycles. The Hall–Kier alpha value is -1.22. The molecule has 0 aliphatic carbocycles. The van der Waals surface area contributed by atoms with Gasteiger partial charge in [0.2, 0.25) is 5.95 Å². The molecule has 2 fully saturated rings. The van der Waals surface area contributed by atoms with Gasteiger partial charge in [-0.15, -0.1) is 0 Å². The van der Waals surface area contributed by atoms with Crippen LogP contribution in [0.15, 0.2) is 12.4 Å².